The largest absolute Gasteiger partial charge is 0.477 e. The third-order valence-electron chi connectivity index (χ3n) is 5.87. The molecule has 2 aromatic rings. The summed E-state index contributed by atoms with van der Waals surface area (Å²) in [6, 6.07) is 1.30. The summed E-state index contributed by atoms with van der Waals surface area (Å²) in [5.74, 6) is -2.28. The van der Waals surface area contributed by atoms with Gasteiger partial charge in [-0.05, 0) is 49.3 Å². The number of aromatic nitrogens is 1. The number of fused-ring (bicyclic) bond motifs is 1. The molecule has 3 N–H and O–H groups in total. The van der Waals surface area contributed by atoms with Crippen LogP contribution in [0.3, 0.4) is 0 Å². The van der Waals surface area contributed by atoms with Gasteiger partial charge in [-0.2, -0.15) is 13.2 Å². The third kappa shape index (κ3) is 3.31. The first-order chi connectivity index (χ1) is 13.4. The van der Waals surface area contributed by atoms with E-state index in [0.29, 0.717) is 16.6 Å². The molecule has 1 saturated heterocycles. The van der Waals surface area contributed by atoms with E-state index < -0.39 is 41.2 Å². The molecule has 3 heterocycles. The van der Waals surface area contributed by atoms with Crippen LogP contribution in [0.25, 0.3) is 5.52 Å². The van der Waals surface area contributed by atoms with Crippen molar-refractivity contribution in [2.75, 3.05) is 18.0 Å². The first-order valence-corrected chi connectivity index (χ1v) is 9.17. The number of carboxylic acid groups (broad SMARTS) is 1. The molecule has 1 atom stereocenters. The molecule has 2 aromatic heterocycles. The van der Waals surface area contributed by atoms with Crippen molar-refractivity contribution in [2.24, 2.45) is 5.73 Å². The highest BCUT2D eigenvalue weighted by atomic mass is 35.5. The predicted molar refractivity (Wildman–Crippen MR) is 104 cm³/mol. The zero-order chi connectivity index (χ0) is 21.3. The summed E-state index contributed by atoms with van der Waals surface area (Å²) in [6.45, 7) is 0.852. The number of carbonyl (C=O) groups is 1. The second-order valence-corrected chi connectivity index (χ2v) is 7.89. The second-order valence-electron chi connectivity index (χ2n) is 7.89. The highest BCUT2D eigenvalue weighted by Crippen LogP contribution is 2.45. The van der Waals surface area contributed by atoms with Crippen molar-refractivity contribution in [3.05, 3.63) is 45.1 Å². The zero-order valence-corrected chi connectivity index (χ0v) is 16.7. The topological polar surface area (TPSA) is 88.0 Å². The lowest BCUT2D eigenvalue weighted by Gasteiger charge is -2.29. The smallest absolute Gasteiger partial charge is 0.408 e. The van der Waals surface area contributed by atoms with Crippen molar-refractivity contribution in [3.8, 4) is 0 Å². The third-order valence-corrected chi connectivity index (χ3v) is 5.87. The molecule has 1 unspecified atom stereocenters. The van der Waals surface area contributed by atoms with E-state index in [4.69, 9.17) is 5.73 Å². The average Bonchev–Trinajstić information content (AvgIpc) is 3.37. The van der Waals surface area contributed by atoms with Gasteiger partial charge in [0.1, 0.15) is 11.1 Å². The van der Waals surface area contributed by atoms with Crippen LogP contribution in [0.1, 0.15) is 46.7 Å². The van der Waals surface area contributed by atoms with Crippen molar-refractivity contribution in [1.29, 1.82) is 0 Å². The first kappa shape index (κ1) is 22.4. The number of pyridine rings is 2. The summed E-state index contributed by atoms with van der Waals surface area (Å²) in [6.07, 6.45) is -2.55. The zero-order valence-electron chi connectivity index (χ0n) is 15.9. The van der Waals surface area contributed by atoms with Gasteiger partial charge in [0.2, 0.25) is 0 Å². The lowest BCUT2D eigenvalue weighted by Crippen LogP contribution is -2.55. The Hall–Kier alpha value is -2.33. The van der Waals surface area contributed by atoms with Crippen LogP contribution in [0, 0.1) is 12.7 Å². The number of rotatable bonds is 3. The fourth-order valence-electron chi connectivity index (χ4n) is 4.14. The van der Waals surface area contributed by atoms with Crippen molar-refractivity contribution in [2.45, 2.75) is 43.8 Å². The Labute approximate surface area is 174 Å². The molecule has 30 heavy (non-hydrogen) atoms. The van der Waals surface area contributed by atoms with E-state index in [2.05, 4.69) is 0 Å². The number of halogens is 5. The van der Waals surface area contributed by atoms with E-state index in [1.807, 2.05) is 0 Å². The maximum Gasteiger partial charge on any atom is 0.408 e. The predicted octanol–water partition coefficient (Wildman–Crippen LogP) is 3.21. The fraction of sp³-hybridized carbons (Fsp3) is 0.474. The van der Waals surface area contributed by atoms with E-state index >= 15 is 0 Å². The van der Waals surface area contributed by atoms with E-state index in [1.165, 1.54) is 17.9 Å². The normalized spacial score (nSPS) is 21.7. The first-order valence-electron chi connectivity index (χ1n) is 9.17. The molecule has 11 heteroatoms. The van der Waals surface area contributed by atoms with Crippen LogP contribution >= 0.6 is 12.4 Å². The molecule has 0 aromatic carbocycles. The number of aryl methyl sites for hydroxylation is 1. The number of alkyl halides is 3. The van der Waals surface area contributed by atoms with Crippen molar-refractivity contribution in [1.82, 2.24) is 4.40 Å². The Morgan fingerprint density at radius 2 is 1.97 bits per heavy atom. The van der Waals surface area contributed by atoms with Gasteiger partial charge in [0, 0.05) is 13.1 Å². The Morgan fingerprint density at radius 3 is 2.47 bits per heavy atom. The summed E-state index contributed by atoms with van der Waals surface area (Å²) in [4.78, 5) is 25.3. The summed E-state index contributed by atoms with van der Waals surface area (Å²) in [5.41, 5.74) is 2.95. The quantitative estimate of drug-likeness (QED) is 0.702. The number of anilines is 1. The van der Waals surface area contributed by atoms with Gasteiger partial charge in [0.05, 0.1) is 17.4 Å². The summed E-state index contributed by atoms with van der Waals surface area (Å²) >= 11 is 0. The Morgan fingerprint density at radius 1 is 1.33 bits per heavy atom. The SMILES string of the molecule is Cc1c(N2CCC(N)(C(F)(F)F)C2)c(F)cn2c(=O)c(C(=O)O)cc(C3CC3)c12.Cl. The molecular weight excluding hydrogens is 430 g/mol. The van der Waals surface area contributed by atoms with Gasteiger partial charge in [-0.3, -0.25) is 9.20 Å². The van der Waals surface area contributed by atoms with Crippen LogP contribution in [-0.2, 0) is 0 Å². The summed E-state index contributed by atoms with van der Waals surface area (Å²) in [5, 5.41) is 9.32. The van der Waals surface area contributed by atoms with Crippen LogP contribution < -0.4 is 16.2 Å². The standard InChI is InChI=1S/C19H19F4N3O3.ClH/c1-9-14-11(10-2-3-10)6-12(17(28)29)16(27)26(14)7-13(20)15(9)25-5-4-18(24,8-25)19(21,22)23;/h6-7,10H,2-5,8,24H2,1H3,(H,28,29);1H. The number of nitrogens with two attached hydrogens (primary N) is 1. The Balaban J connectivity index is 0.00000256. The van der Waals surface area contributed by atoms with E-state index in [-0.39, 0.29) is 37.0 Å². The number of carboxylic acids is 1. The van der Waals surface area contributed by atoms with Gasteiger partial charge >= 0.3 is 12.1 Å². The Kier molecular flexibility index (Phi) is 5.31. The number of hydrogen-bond acceptors (Lipinski definition) is 4. The summed E-state index contributed by atoms with van der Waals surface area (Å²) < 4.78 is 55.8. The van der Waals surface area contributed by atoms with E-state index in [9.17, 15) is 32.3 Å². The van der Waals surface area contributed by atoms with Gasteiger partial charge in [0.15, 0.2) is 5.82 Å². The molecule has 1 aliphatic carbocycles. The average molecular weight is 450 g/mol. The van der Waals surface area contributed by atoms with Crippen molar-refractivity contribution in [3.63, 3.8) is 0 Å². The molecular formula is C19H20ClF4N3O3. The summed E-state index contributed by atoms with van der Waals surface area (Å²) in [7, 11) is 0. The fourth-order valence-corrected chi connectivity index (χ4v) is 4.14. The molecule has 0 radical (unpaired) electrons. The monoisotopic (exact) mass is 449 g/mol. The molecule has 2 fully saturated rings. The molecule has 0 amide bonds. The van der Waals surface area contributed by atoms with Crippen LogP contribution in [0.2, 0.25) is 0 Å². The molecule has 1 saturated carbocycles. The number of hydrogen-bond donors (Lipinski definition) is 2. The van der Waals surface area contributed by atoms with Crippen LogP contribution in [0.5, 0.6) is 0 Å². The highest BCUT2D eigenvalue weighted by molar-refractivity contribution is 5.89. The van der Waals surface area contributed by atoms with Gasteiger partial charge < -0.3 is 15.7 Å². The lowest BCUT2D eigenvalue weighted by atomic mass is 9.99. The molecule has 0 bridgehead atoms. The molecule has 0 spiro atoms. The van der Waals surface area contributed by atoms with Crippen molar-refractivity contribution < 1.29 is 27.5 Å². The number of aromatic carboxylic acids is 1. The minimum atomic E-state index is -4.63. The van der Waals surface area contributed by atoms with Gasteiger partial charge in [0.25, 0.3) is 5.56 Å². The van der Waals surface area contributed by atoms with E-state index in [0.717, 1.165) is 23.4 Å². The highest BCUT2D eigenvalue weighted by Gasteiger charge is 2.55. The second kappa shape index (κ2) is 7.12. The molecule has 4 rings (SSSR count). The van der Waals surface area contributed by atoms with Crippen LogP contribution in [0.4, 0.5) is 23.2 Å². The Bertz CT molecular complexity index is 1100. The molecule has 2 aliphatic rings. The van der Waals surface area contributed by atoms with Gasteiger partial charge in [-0.1, -0.05) is 0 Å². The molecule has 1 aliphatic heterocycles. The van der Waals surface area contributed by atoms with Crippen molar-refractivity contribution >= 4 is 29.6 Å². The van der Waals surface area contributed by atoms with Crippen LogP contribution in [0.15, 0.2) is 17.1 Å². The maximum absolute atomic E-state index is 15.0. The van der Waals surface area contributed by atoms with Crippen LogP contribution in [-0.4, -0.2) is 40.3 Å². The number of nitrogens with zero attached hydrogens (tertiary/aromatic N) is 2. The minimum Gasteiger partial charge on any atom is -0.477 e. The lowest BCUT2D eigenvalue weighted by molar-refractivity contribution is -0.179. The van der Waals surface area contributed by atoms with E-state index in [1.54, 1.807) is 0 Å². The molecule has 6 nitrogen and oxygen atoms in total. The maximum atomic E-state index is 15.0. The minimum absolute atomic E-state index is 0. The molecule has 164 valence electrons. The van der Waals surface area contributed by atoms with Gasteiger partial charge in [-0.25, -0.2) is 9.18 Å². The van der Waals surface area contributed by atoms with Gasteiger partial charge in [-0.15, -0.1) is 12.4 Å².